The van der Waals surface area contributed by atoms with E-state index in [1.165, 1.54) is 6.92 Å². The standard InChI is InChI=1S/C10H21F2NO/c1-7(2)5-10(4,14)6-13-8(3)9(11)12/h7-9,13-14H,5-6H2,1-4H3. The molecule has 0 spiro atoms. The van der Waals surface area contributed by atoms with Crippen molar-refractivity contribution in [2.75, 3.05) is 6.54 Å². The third-order valence-electron chi connectivity index (χ3n) is 2.03. The lowest BCUT2D eigenvalue weighted by atomic mass is 9.94. The minimum absolute atomic E-state index is 0.205. The molecule has 0 aliphatic heterocycles. The van der Waals surface area contributed by atoms with Gasteiger partial charge in [0, 0.05) is 6.54 Å². The van der Waals surface area contributed by atoms with Crippen molar-refractivity contribution in [3.05, 3.63) is 0 Å². The van der Waals surface area contributed by atoms with Crippen LogP contribution in [0.3, 0.4) is 0 Å². The summed E-state index contributed by atoms with van der Waals surface area (Å²) in [5.41, 5.74) is -0.905. The third kappa shape index (κ3) is 6.27. The zero-order valence-corrected chi connectivity index (χ0v) is 9.35. The zero-order valence-electron chi connectivity index (χ0n) is 9.35. The molecule has 0 radical (unpaired) electrons. The van der Waals surface area contributed by atoms with Gasteiger partial charge in [-0.15, -0.1) is 0 Å². The van der Waals surface area contributed by atoms with Crippen molar-refractivity contribution >= 4 is 0 Å². The highest BCUT2D eigenvalue weighted by atomic mass is 19.3. The maximum atomic E-state index is 12.1. The van der Waals surface area contributed by atoms with E-state index in [1.807, 2.05) is 13.8 Å². The molecule has 86 valence electrons. The smallest absolute Gasteiger partial charge is 0.253 e. The van der Waals surface area contributed by atoms with Gasteiger partial charge in [-0.1, -0.05) is 13.8 Å². The van der Waals surface area contributed by atoms with Crippen molar-refractivity contribution in [2.24, 2.45) is 5.92 Å². The van der Waals surface area contributed by atoms with Crippen molar-refractivity contribution in [3.63, 3.8) is 0 Å². The van der Waals surface area contributed by atoms with Crippen LogP contribution in [0.15, 0.2) is 0 Å². The first-order valence-corrected chi connectivity index (χ1v) is 4.98. The average Bonchev–Trinajstić information content (AvgIpc) is 1.97. The van der Waals surface area contributed by atoms with Gasteiger partial charge >= 0.3 is 0 Å². The molecule has 0 amide bonds. The lowest BCUT2D eigenvalue weighted by Crippen LogP contribution is -2.44. The summed E-state index contributed by atoms with van der Waals surface area (Å²) in [4.78, 5) is 0. The fourth-order valence-electron chi connectivity index (χ4n) is 1.42. The van der Waals surface area contributed by atoms with Gasteiger partial charge in [-0.2, -0.15) is 0 Å². The van der Waals surface area contributed by atoms with Gasteiger partial charge in [-0.3, -0.25) is 0 Å². The van der Waals surface area contributed by atoms with E-state index in [9.17, 15) is 13.9 Å². The Kier molecular flexibility index (Phi) is 5.52. The first kappa shape index (κ1) is 13.8. The molecule has 0 aliphatic carbocycles. The van der Waals surface area contributed by atoms with Gasteiger partial charge in [0.15, 0.2) is 0 Å². The highest BCUT2D eigenvalue weighted by Gasteiger charge is 2.24. The molecule has 0 saturated carbocycles. The number of hydrogen-bond acceptors (Lipinski definition) is 2. The van der Waals surface area contributed by atoms with Gasteiger partial charge < -0.3 is 10.4 Å². The van der Waals surface area contributed by atoms with Crippen LogP contribution < -0.4 is 5.32 Å². The van der Waals surface area contributed by atoms with Gasteiger partial charge in [0.25, 0.3) is 6.43 Å². The number of rotatable bonds is 6. The van der Waals surface area contributed by atoms with E-state index in [0.717, 1.165) is 0 Å². The van der Waals surface area contributed by atoms with Crippen LogP contribution in [0.2, 0.25) is 0 Å². The van der Waals surface area contributed by atoms with Gasteiger partial charge in [0.1, 0.15) is 0 Å². The summed E-state index contributed by atoms with van der Waals surface area (Å²) in [7, 11) is 0. The van der Waals surface area contributed by atoms with Gasteiger partial charge in [0.2, 0.25) is 0 Å². The predicted octanol–water partition coefficient (Wildman–Crippen LogP) is 2.03. The molecule has 2 N–H and O–H groups in total. The van der Waals surface area contributed by atoms with E-state index in [2.05, 4.69) is 5.32 Å². The summed E-state index contributed by atoms with van der Waals surface area (Å²) in [5, 5.41) is 12.4. The number of halogens is 2. The Morgan fingerprint density at radius 2 is 1.79 bits per heavy atom. The quantitative estimate of drug-likeness (QED) is 0.701. The SMILES string of the molecule is CC(C)CC(C)(O)CNC(C)C(F)F. The van der Waals surface area contributed by atoms with Crippen LogP contribution in [0.1, 0.15) is 34.1 Å². The van der Waals surface area contributed by atoms with Crippen LogP contribution in [0, 0.1) is 5.92 Å². The normalized spacial score (nSPS) is 18.6. The van der Waals surface area contributed by atoms with Crippen molar-refractivity contribution < 1.29 is 13.9 Å². The zero-order chi connectivity index (χ0) is 11.4. The molecule has 0 fully saturated rings. The monoisotopic (exact) mass is 209 g/mol. The highest BCUT2D eigenvalue weighted by Crippen LogP contribution is 2.15. The fraction of sp³-hybridized carbons (Fsp3) is 1.00. The van der Waals surface area contributed by atoms with E-state index in [-0.39, 0.29) is 6.54 Å². The molecule has 0 aromatic heterocycles. The first-order valence-electron chi connectivity index (χ1n) is 4.98. The molecule has 4 heteroatoms. The van der Waals surface area contributed by atoms with Crippen molar-refractivity contribution in [2.45, 2.75) is 52.2 Å². The minimum atomic E-state index is -2.38. The highest BCUT2D eigenvalue weighted by molar-refractivity contribution is 4.78. The Morgan fingerprint density at radius 3 is 2.14 bits per heavy atom. The van der Waals surface area contributed by atoms with Gasteiger partial charge in [-0.25, -0.2) is 8.78 Å². The summed E-state index contributed by atoms with van der Waals surface area (Å²) in [5.74, 6) is 0.355. The Hall–Kier alpha value is -0.220. The summed E-state index contributed by atoms with van der Waals surface area (Å²) >= 11 is 0. The van der Waals surface area contributed by atoms with E-state index in [0.29, 0.717) is 12.3 Å². The molecule has 0 aliphatic rings. The van der Waals surface area contributed by atoms with Gasteiger partial charge in [-0.05, 0) is 26.2 Å². The Balaban J connectivity index is 3.86. The number of alkyl halides is 2. The second-order valence-electron chi connectivity index (χ2n) is 4.60. The third-order valence-corrected chi connectivity index (χ3v) is 2.03. The molecule has 0 rings (SSSR count). The molecule has 2 unspecified atom stereocenters. The second kappa shape index (κ2) is 5.61. The van der Waals surface area contributed by atoms with E-state index in [1.54, 1.807) is 6.92 Å². The van der Waals surface area contributed by atoms with Crippen LogP contribution in [0.5, 0.6) is 0 Å². The molecule has 0 bridgehead atoms. The Bertz CT molecular complexity index is 160. The van der Waals surface area contributed by atoms with E-state index in [4.69, 9.17) is 0 Å². The Labute approximate surface area is 84.7 Å². The lowest BCUT2D eigenvalue weighted by molar-refractivity contribution is 0.0256. The van der Waals surface area contributed by atoms with Crippen LogP contribution in [-0.4, -0.2) is 29.7 Å². The molecule has 14 heavy (non-hydrogen) atoms. The van der Waals surface area contributed by atoms with Crippen molar-refractivity contribution in [1.82, 2.24) is 5.32 Å². The van der Waals surface area contributed by atoms with Crippen LogP contribution in [0.25, 0.3) is 0 Å². The first-order chi connectivity index (χ1) is 6.24. The maximum Gasteiger partial charge on any atom is 0.253 e. The minimum Gasteiger partial charge on any atom is -0.389 e. The molecule has 0 aromatic rings. The van der Waals surface area contributed by atoms with Crippen molar-refractivity contribution in [1.29, 1.82) is 0 Å². The summed E-state index contributed by atoms with van der Waals surface area (Å²) in [6, 6.07) is -0.867. The number of nitrogens with one attached hydrogen (secondary N) is 1. The van der Waals surface area contributed by atoms with Crippen LogP contribution >= 0.6 is 0 Å². The molecule has 2 nitrogen and oxygen atoms in total. The molecule has 0 aromatic carbocycles. The molecular weight excluding hydrogens is 188 g/mol. The molecular formula is C10H21F2NO. The molecule has 0 heterocycles. The second-order valence-corrected chi connectivity index (χ2v) is 4.60. The maximum absolute atomic E-state index is 12.1. The summed E-state index contributed by atoms with van der Waals surface area (Å²) < 4.78 is 24.2. The van der Waals surface area contributed by atoms with E-state index >= 15 is 0 Å². The van der Waals surface area contributed by atoms with Crippen molar-refractivity contribution in [3.8, 4) is 0 Å². The Morgan fingerprint density at radius 1 is 1.29 bits per heavy atom. The lowest BCUT2D eigenvalue weighted by Gasteiger charge is -2.27. The molecule has 2 atom stereocenters. The number of hydrogen-bond donors (Lipinski definition) is 2. The van der Waals surface area contributed by atoms with Crippen LogP contribution in [-0.2, 0) is 0 Å². The number of aliphatic hydroxyl groups is 1. The van der Waals surface area contributed by atoms with E-state index < -0.39 is 18.1 Å². The predicted molar refractivity (Wildman–Crippen MR) is 53.5 cm³/mol. The largest absolute Gasteiger partial charge is 0.389 e. The van der Waals surface area contributed by atoms with Crippen LogP contribution in [0.4, 0.5) is 8.78 Å². The topological polar surface area (TPSA) is 32.3 Å². The summed E-state index contributed by atoms with van der Waals surface area (Å²) in [6.07, 6.45) is -1.78. The fourth-order valence-corrected chi connectivity index (χ4v) is 1.42. The van der Waals surface area contributed by atoms with Gasteiger partial charge in [0.05, 0.1) is 11.6 Å². The average molecular weight is 209 g/mol. The molecule has 0 saturated heterocycles. The summed E-state index contributed by atoms with van der Waals surface area (Å²) in [6.45, 7) is 7.26.